The van der Waals surface area contributed by atoms with E-state index in [1.807, 2.05) is 6.08 Å². The minimum atomic E-state index is -0.181. The van der Waals surface area contributed by atoms with Crippen LogP contribution in [0.15, 0.2) is 12.7 Å². The van der Waals surface area contributed by atoms with Crippen molar-refractivity contribution in [1.82, 2.24) is 0 Å². The van der Waals surface area contributed by atoms with Crippen LogP contribution in [-0.2, 0) is 9.47 Å². The standard InChI is InChI=1S/C19H34O.C2H6O2/c1-6-13-20-14-10-16-15(2)8-9-17-18(3,4)11-7-12-19(16,17)5;1-4-2-3/h6,15-17H,1,7-14H2,2-5H3;3H,2H2,1H3. The fourth-order valence-electron chi connectivity index (χ4n) is 5.60. The van der Waals surface area contributed by atoms with Crippen molar-refractivity contribution in [3.8, 4) is 0 Å². The SMILES string of the molecule is C=CCOCCC1C(C)CCC2C(C)(C)CCCC12C.COCO. The summed E-state index contributed by atoms with van der Waals surface area (Å²) in [5.41, 5.74) is 1.07. The molecule has 2 saturated carbocycles. The van der Waals surface area contributed by atoms with Crippen molar-refractivity contribution in [2.24, 2.45) is 28.6 Å². The van der Waals surface area contributed by atoms with E-state index in [9.17, 15) is 0 Å². The Balaban J connectivity index is 0.000000648. The van der Waals surface area contributed by atoms with E-state index in [4.69, 9.17) is 9.84 Å². The Kier molecular flexibility index (Phi) is 8.97. The molecule has 0 saturated heterocycles. The average molecular weight is 341 g/mol. The van der Waals surface area contributed by atoms with Gasteiger partial charge in [-0.3, -0.25) is 0 Å². The maximum Gasteiger partial charge on any atom is 0.143 e. The van der Waals surface area contributed by atoms with Gasteiger partial charge in [0, 0.05) is 13.7 Å². The normalized spacial score (nSPS) is 34.7. The molecular weight excluding hydrogens is 300 g/mol. The van der Waals surface area contributed by atoms with Crippen LogP contribution in [0.2, 0.25) is 0 Å². The molecule has 3 heteroatoms. The highest BCUT2D eigenvalue weighted by atomic mass is 16.6. The molecule has 2 rings (SSSR count). The molecule has 4 unspecified atom stereocenters. The van der Waals surface area contributed by atoms with Gasteiger partial charge in [-0.05, 0) is 54.3 Å². The summed E-state index contributed by atoms with van der Waals surface area (Å²) in [5.74, 6) is 2.60. The van der Waals surface area contributed by atoms with Crippen molar-refractivity contribution < 1.29 is 14.6 Å². The first kappa shape index (κ1) is 21.7. The van der Waals surface area contributed by atoms with Gasteiger partial charge in [0.25, 0.3) is 0 Å². The van der Waals surface area contributed by atoms with E-state index in [2.05, 4.69) is 39.0 Å². The third-order valence-corrected chi connectivity index (χ3v) is 6.66. The molecule has 0 radical (unpaired) electrons. The van der Waals surface area contributed by atoms with Gasteiger partial charge in [-0.1, -0.05) is 46.6 Å². The number of aliphatic hydroxyl groups is 1. The summed E-state index contributed by atoms with van der Waals surface area (Å²) in [6, 6.07) is 0. The minimum absolute atomic E-state index is 0.181. The van der Waals surface area contributed by atoms with Gasteiger partial charge in [0.15, 0.2) is 0 Å². The number of aliphatic hydroxyl groups excluding tert-OH is 1. The van der Waals surface area contributed by atoms with Gasteiger partial charge in [0.05, 0.1) is 6.61 Å². The number of ether oxygens (including phenoxy) is 2. The number of methoxy groups -OCH3 is 1. The van der Waals surface area contributed by atoms with Crippen molar-refractivity contribution in [2.45, 2.75) is 66.2 Å². The van der Waals surface area contributed by atoms with Crippen LogP contribution in [0.25, 0.3) is 0 Å². The smallest absolute Gasteiger partial charge is 0.143 e. The lowest BCUT2D eigenvalue weighted by molar-refractivity contribution is -0.101. The number of fused-ring (bicyclic) bond motifs is 1. The zero-order chi connectivity index (χ0) is 18.2. The Hall–Kier alpha value is -0.380. The number of hydrogen-bond donors (Lipinski definition) is 1. The molecule has 2 aliphatic carbocycles. The van der Waals surface area contributed by atoms with Gasteiger partial charge in [0.2, 0.25) is 0 Å². The molecule has 0 bridgehead atoms. The van der Waals surface area contributed by atoms with Gasteiger partial charge < -0.3 is 14.6 Å². The summed E-state index contributed by atoms with van der Waals surface area (Å²) in [5, 5.41) is 7.65. The Bertz CT molecular complexity index is 364. The molecule has 0 aliphatic heterocycles. The fourth-order valence-corrected chi connectivity index (χ4v) is 5.60. The monoisotopic (exact) mass is 340 g/mol. The molecule has 3 nitrogen and oxygen atoms in total. The van der Waals surface area contributed by atoms with E-state index in [-0.39, 0.29) is 6.79 Å². The molecule has 0 aromatic rings. The molecule has 0 spiro atoms. The van der Waals surface area contributed by atoms with Crippen LogP contribution in [0, 0.1) is 28.6 Å². The van der Waals surface area contributed by atoms with E-state index in [0.717, 1.165) is 24.4 Å². The lowest BCUT2D eigenvalue weighted by atomic mass is 9.46. The first-order valence-corrected chi connectivity index (χ1v) is 9.62. The predicted molar refractivity (Wildman–Crippen MR) is 101 cm³/mol. The summed E-state index contributed by atoms with van der Waals surface area (Å²) in [4.78, 5) is 0. The van der Waals surface area contributed by atoms with Gasteiger partial charge in [-0.2, -0.15) is 0 Å². The largest absolute Gasteiger partial charge is 0.377 e. The Morgan fingerprint density at radius 3 is 2.46 bits per heavy atom. The van der Waals surface area contributed by atoms with Gasteiger partial charge >= 0.3 is 0 Å². The van der Waals surface area contributed by atoms with Gasteiger partial charge in [-0.15, -0.1) is 6.58 Å². The third kappa shape index (κ3) is 5.31. The molecule has 0 aromatic carbocycles. The highest BCUT2D eigenvalue weighted by Gasteiger charge is 2.53. The maximum absolute atomic E-state index is 7.65. The van der Waals surface area contributed by atoms with Gasteiger partial charge in [0.1, 0.15) is 6.79 Å². The minimum Gasteiger partial charge on any atom is -0.377 e. The molecular formula is C21H40O3. The van der Waals surface area contributed by atoms with Gasteiger partial charge in [-0.25, -0.2) is 0 Å². The summed E-state index contributed by atoms with van der Waals surface area (Å²) < 4.78 is 9.79. The first-order valence-electron chi connectivity index (χ1n) is 9.62. The summed E-state index contributed by atoms with van der Waals surface area (Å²) >= 11 is 0. The molecule has 142 valence electrons. The number of hydrogen-bond acceptors (Lipinski definition) is 3. The van der Waals surface area contributed by atoms with Crippen LogP contribution >= 0.6 is 0 Å². The lowest BCUT2D eigenvalue weighted by Gasteiger charge is -2.59. The van der Waals surface area contributed by atoms with Crippen molar-refractivity contribution in [1.29, 1.82) is 0 Å². The van der Waals surface area contributed by atoms with Crippen LogP contribution < -0.4 is 0 Å². The zero-order valence-electron chi connectivity index (χ0n) is 16.6. The summed E-state index contributed by atoms with van der Waals surface area (Å²) in [7, 11) is 1.43. The Labute approximate surface area is 149 Å². The van der Waals surface area contributed by atoms with E-state index >= 15 is 0 Å². The van der Waals surface area contributed by atoms with Crippen LogP contribution in [0.5, 0.6) is 0 Å². The fraction of sp³-hybridized carbons (Fsp3) is 0.905. The third-order valence-electron chi connectivity index (χ3n) is 6.66. The lowest BCUT2D eigenvalue weighted by Crippen LogP contribution is -2.51. The topological polar surface area (TPSA) is 38.7 Å². The molecule has 1 N–H and O–H groups in total. The van der Waals surface area contributed by atoms with Crippen molar-refractivity contribution in [2.75, 3.05) is 27.1 Å². The van der Waals surface area contributed by atoms with Crippen molar-refractivity contribution in [3.63, 3.8) is 0 Å². The zero-order valence-corrected chi connectivity index (χ0v) is 16.6. The van der Waals surface area contributed by atoms with Crippen molar-refractivity contribution >= 4 is 0 Å². The molecule has 4 atom stereocenters. The first-order chi connectivity index (χ1) is 11.3. The predicted octanol–water partition coefficient (Wildman–Crippen LogP) is 5.04. The van der Waals surface area contributed by atoms with Crippen LogP contribution in [0.3, 0.4) is 0 Å². The van der Waals surface area contributed by atoms with Crippen LogP contribution in [0.1, 0.15) is 66.2 Å². The van der Waals surface area contributed by atoms with E-state index < -0.39 is 0 Å². The van der Waals surface area contributed by atoms with E-state index in [1.165, 1.54) is 45.6 Å². The maximum atomic E-state index is 7.65. The summed E-state index contributed by atoms with van der Waals surface area (Å²) in [6.45, 7) is 15.2. The second-order valence-electron chi connectivity index (χ2n) is 8.63. The average Bonchev–Trinajstić information content (AvgIpc) is 2.53. The Morgan fingerprint density at radius 1 is 1.21 bits per heavy atom. The molecule has 0 heterocycles. The second kappa shape index (κ2) is 9.94. The van der Waals surface area contributed by atoms with Crippen LogP contribution in [0.4, 0.5) is 0 Å². The van der Waals surface area contributed by atoms with E-state index in [1.54, 1.807) is 0 Å². The Morgan fingerprint density at radius 2 is 1.88 bits per heavy atom. The van der Waals surface area contributed by atoms with Crippen LogP contribution in [-0.4, -0.2) is 32.2 Å². The molecule has 24 heavy (non-hydrogen) atoms. The van der Waals surface area contributed by atoms with Crippen molar-refractivity contribution in [3.05, 3.63) is 12.7 Å². The highest BCUT2D eigenvalue weighted by Crippen LogP contribution is 2.61. The molecule has 0 amide bonds. The second-order valence-corrected chi connectivity index (χ2v) is 8.63. The quantitative estimate of drug-likeness (QED) is 0.418. The molecule has 2 aliphatic rings. The molecule has 2 fully saturated rings. The summed E-state index contributed by atoms with van der Waals surface area (Å²) in [6.07, 6.45) is 10.2. The molecule has 0 aromatic heterocycles. The number of rotatable bonds is 6. The highest BCUT2D eigenvalue weighted by molar-refractivity contribution is 5.02. The van der Waals surface area contributed by atoms with E-state index in [0.29, 0.717) is 17.4 Å².